The minimum Gasteiger partial charge on any atom is -0.387 e. The summed E-state index contributed by atoms with van der Waals surface area (Å²) in [5.41, 5.74) is 1.01. The molecule has 0 N–H and O–H groups in total. The van der Waals surface area contributed by atoms with E-state index in [1.54, 1.807) is 6.20 Å². The number of oxime groups is 1. The molecule has 1 aliphatic carbocycles. The Morgan fingerprint density at radius 3 is 3.00 bits per heavy atom. The van der Waals surface area contributed by atoms with Crippen LogP contribution >= 0.6 is 0 Å². The molecular weight excluding hydrogens is 216 g/mol. The van der Waals surface area contributed by atoms with E-state index < -0.39 is 0 Å². The molecule has 1 aromatic heterocycles. The van der Waals surface area contributed by atoms with E-state index in [0.29, 0.717) is 12.5 Å². The normalized spacial score (nSPS) is 29.4. The van der Waals surface area contributed by atoms with Crippen molar-refractivity contribution in [1.82, 2.24) is 15.0 Å². The van der Waals surface area contributed by atoms with E-state index in [1.165, 1.54) is 31.4 Å². The summed E-state index contributed by atoms with van der Waals surface area (Å²) in [6.45, 7) is 2.81. The molecule has 1 atom stereocenters. The second-order valence-electron chi connectivity index (χ2n) is 5.38. The maximum absolute atomic E-state index is 5.64. The summed E-state index contributed by atoms with van der Waals surface area (Å²) in [5.74, 6) is 0.660. The van der Waals surface area contributed by atoms with Gasteiger partial charge in [0.2, 0.25) is 0 Å². The Labute approximate surface area is 101 Å². The van der Waals surface area contributed by atoms with E-state index >= 15 is 0 Å². The number of aromatic nitrogens is 3. The molecule has 1 aromatic rings. The molecule has 3 rings (SSSR count). The fourth-order valence-corrected chi connectivity index (χ4v) is 2.84. The van der Waals surface area contributed by atoms with Crippen molar-refractivity contribution in [3.63, 3.8) is 0 Å². The summed E-state index contributed by atoms with van der Waals surface area (Å²) in [5, 5.41) is 12.1. The minimum atomic E-state index is -0.244. The Bertz CT molecular complexity index is 408. The molecule has 0 aromatic carbocycles. The topological polar surface area (TPSA) is 52.3 Å². The van der Waals surface area contributed by atoms with Crippen LogP contribution in [0.4, 0.5) is 0 Å². The fourth-order valence-electron chi connectivity index (χ4n) is 2.84. The van der Waals surface area contributed by atoms with Gasteiger partial charge in [-0.25, -0.2) is 4.68 Å². The molecule has 92 valence electrons. The van der Waals surface area contributed by atoms with Gasteiger partial charge in [0.05, 0.1) is 18.5 Å². The molecule has 5 heteroatoms. The third-order valence-electron chi connectivity index (χ3n) is 3.73. The fraction of sp³-hybridized carbons (Fsp3) is 0.750. The highest BCUT2D eigenvalue weighted by atomic mass is 16.7. The van der Waals surface area contributed by atoms with Gasteiger partial charge in [0.1, 0.15) is 0 Å². The second-order valence-corrected chi connectivity index (χ2v) is 5.38. The predicted octanol–water partition coefficient (Wildman–Crippen LogP) is 2.00. The Hall–Kier alpha value is -1.39. The molecule has 1 unspecified atom stereocenters. The molecule has 0 radical (unpaired) electrons. The van der Waals surface area contributed by atoms with Gasteiger partial charge in [-0.15, -0.1) is 5.10 Å². The van der Waals surface area contributed by atoms with Crippen LogP contribution in [0.5, 0.6) is 0 Å². The average Bonchev–Trinajstić information content (AvgIpc) is 2.98. The third kappa shape index (κ3) is 2.18. The van der Waals surface area contributed by atoms with Crippen LogP contribution in [0.3, 0.4) is 0 Å². The lowest BCUT2D eigenvalue weighted by Gasteiger charge is -2.21. The molecule has 1 saturated carbocycles. The Kier molecular flexibility index (Phi) is 2.61. The largest absolute Gasteiger partial charge is 0.387 e. The summed E-state index contributed by atoms with van der Waals surface area (Å²) >= 11 is 0. The summed E-state index contributed by atoms with van der Waals surface area (Å²) in [6.07, 6.45) is 9.72. The van der Waals surface area contributed by atoms with Gasteiger partial charge in [-0.3, -0.25) is 0 Å². The summed E-state index contributed by atoms with van der Waals surface area (Å²) in [4.78, 5) is 5.64. The molecule has 0 bridgehead atoms. The van der Waals surface area contributed by atoms with Crippen LogP contribution in [0.1, 0.15) is 39.0 Å². The molecule has 1 fully saturated rings. The average molecular weight is 234 g/mol. The zero-order valence-corrected chi connectivity index (χ0v) is 10.2. The van der Waals surface area contributed by atoms with Gasteiger partial charge in [0.25, 0.3) is 0 Å². The maximum atomic E-state index is 5.64. The summed E-state index contributed by atoms with van der Waals surface area (Å²) in [7, 11) is 0. The van der Waals surface area contributed by atoms with Crippen LogP contribution in [0.25, 0.3) is 0 Å². The van der Waals surface area contributed by atoms with Crippen molar-refractivity contribution in [2.24, 2.45) is 11.1 Å². The van der Waals surface area contributed by atoms with E-state index in [9.17, 15) is 0 Å². The molecule has 2 heterocycles. The van der Waals surface area contributed by atoms with Gasteiger partial charge in [-0.1, -0.05) is 23.2 Å². The van der Waals surface area contributed by atoms with E-state index in [2.05, 4.69) is 22.4 Å². The third-order valence-corrected chi connectivity index (χ3v) is 3.73. The van der Waals surface area contributed by atoms with Crippen molar-refractivity contribution >= 4 is 5.71 Å². The van der Waals surface area contributed by atoms with Gasteiger partial charge in [0, 0.05) is 18.5 Å². The molecule has 0 spiro atoms. The molecule has 2 aliphatic rings. The molecule has 17 heavy (non-hydrogen) atoms. The SMILES string of the molecule is CC1(Cn2ccnn2)CC(C2CCCC2)=NO1. The first-order chi connectivity index (χ1) is 8.25. The smallest absolute Gasteiger partial charge is 0.159 e. The summed E-state index contributed by atoms with van der Waals surface area (Å²) in [6, 6.07) is 0. The van der Waals surface area contributed by atoms with Crippen LogP contribution < -0.4 is 0 Å². The Balaban J connectivity index is 1.64. The number of hydrogen-bond acceptors (Lipinski definition) is 4. The van der Waals surface area contributed by atoms with E-state index in [0.717, 1.165) is 6.42 Å². The Morgan fingerprint density at radius 1 is 1.47 bits per heavy atom. The van der Waals surface area contributed by atoms with Crippen molar-refractivity contribution in [1.29, 1.82) is 0 Å². The zero-order chi connectivity index (χ0) is 11.7. The van der Waals surface area contributed by atoms with Crippen molar-refractivity contribution in [2.45, 2.75) is 51.2 Å². The summed E-state index contributed by atoms with van der Waals surface area (Å²) < 4.78 is 1.81. The molecule has 0 saturated heterocycles. The lowest BCUT2D eigenvalue weighted by atomic mass is 9.91. The lowest BCUT2D eigenvalue weighted by Crippen LogP contribution is -2.32. The standard InChI is InChI=1S/C12H18N4O/c1-12(9-16-7-6-13-15-16)8-11(14-17-12)10-4-2-3-5-10/h6-7,10H,2-5,8-9H2,1H3. The molecule has 0 amide bonds. The first-order valence-electron chi connectivity index (χ1n) is 6.34. The molecule has 5 nitrogen and oxygen atoms in total. The minimum absolute atomic E-state index is 0.244. The van der Waals surface area contributed by atoms with E-state index in [-0.39, 0.29) is 5.60 Å². The predicted molar refractivity (Wildman–Crippen MR) is 63.5 cm³/mol. The van der Waals surface area contributed by atoms with Crippen molar-refractivity contribution < 1.29 is 4.84 Å². The number of hydrogen-bond donors (Lipinski definition) is 0. The highest BCUT2D eigenvalue weighted by molar-refractivity contribution is 5.88. The molecule has 1 aliphatic heterocycles. The van der Waals surface area contributed by atoms with Gasteiger partial charge in [-0.2, -0.15) is 0 Å². The van der Waals surface area contributed by atoms with Crippen LogP contribution in [0.2, 0.25) is 0 Å². The second kappa shape index (κ2) is 4.13. The number of rotatable bonds is 3. The van der Waals surface area contributed by atoms with Crippen molar-refractivity contribution in [3.8, 4) is 0 Å². The lowest BCUT2D eigenvalue weighted by molar-refractivity contribution is -0.0191. The zero-order valence-electron chi connectivity index (χ0n) is 10.2. The Morgan fingerprint density at radius 2 is 2.29 bits per heavy atom. The molecular formula is C12H18N4O. The van der Waals surface area contributed by atoms with Crippen molar-refractivity contribution in [2.75, 3.05) is 0 Å². The van der Waals surface area contributed by atoms with Crippen LogP contribution in [0, 0.1) is 5.92 Å². The van der Waals surface area contributed by atoms with E-state index in [4.69, 9.17) is 4.84 Å². The van der Waals surface area contributed by atoms with Gasteiger partial charge in [-0.05, 0) is 19.8 Å². The first-order valence-corrected chi connectivity index (χ1v) is 6.34. The van der Waals surface area contributed by atoms with Gasteiger partial charge < -0.3 is 4.84 Å². The maximum Gasteiger partial charge on any atom is 0.159 e. The van der Waals surface area contributed by atoms with E-state index in [1.807, 2.05) is 10.9 Å². The van der Waals surface area contributed by atoms with Gasteiger partial charge in [0.15, 0.2) is 5.60 Å². The van der Waals surface area contributed by atoms with Crippen LogP contribution in [-0.4, -0.2) is 26.3 Å². The van der Waals surface area contributed by atoms with Crippen LogP contribution in [0.15, 0.2) is 17.5 Å². The number of nitrogens with zero attached hydrogens (tertiary/aromatic N) is 4. The van der Waals surface area contributed by atoms with Crippen LogP contribution in [-0.2, 0) is 11.4 Å². The first kappa shape index (κ1) is 10.7. The van der Waals surface area contributed by atoms with Crippen molar-refractivity contribution in [3.05, 3.63) is 12.4 Å². The monoisotopic (exact) mass is 234 g/mol. The highest BCUT2D eigenvalue weighted by Gasteiger charge is 2.38. The van der Waals surface area contributed by atoms with Gasteiger partial charge >= 0.3 is 0 Å². The quantitative estimate of drug-likeness (QED) is 0.803. The highest BCUT2D eigenvalue weighted by Crippen LogP contribution is 2.34.